The Hall–Kier alpha value is -2.16. The number of halogens is 1. The number of ether oxygens (including phenoxy) is 1. The molecule has 0 radical (unpaired) electrons. The molecular formula is C14H17FN2O3. The van der Waals surface area contributed by atoms with Crippen molar-refractivity contribution in [2.75, 3.05) is 6.61 Å². The second-order valence-electron chi connectivity index (χ2n) is 5.17. The van der Waals surface area contributed by atoms with E-state index in [0.29, 0.717) is 13.0 Å². The summed E-state index contributed by atoms with van der Waals surface area (Å²) in [6.45, 7) is 4.05. The Morgan fingerprint density at radius 1 is 1.45 bits per heavy atom. The Morgan fingerprint density at radius 2 is 2.15 bits per heavy atom. The maximum absolute atomic E-state index is 13.5. The Labute approximate surface area is 117 Å². The third kappa shape index (κ3) is 4.84. The van der Waals surface area contributed by atoms with Gasteiger partial charge >= 0.3 is 0 Å². The van der Waals surface area contributed by atoms with E-state index in [0.717, 1.165) is 18.9 Å². The molecule has 108 valence electrons. The van der Waals surface area contributed by atoms with Crippen molar-refractivity contribution in [3.8, 4) is 11.8 Å². The van der Waals surface area contributed by atoms with Crippen molar-refractivity contribution in [3.05, 3.63) is 34.1 Å². The van der Waals surface area contributed by atoms with Crippen LogP contribution in [0.4, 0.5) is 10.1 Å². The number of hydrogen-bond donors (Lipinski definition) is 0. The number of nitro benzene ring substituents is 1. The summed E-state index contributed by atoms with van der Waals surface area (Å²) < 4.78 is 18.7. The lowest BCUT2D eigenvalue weighted by Gasteiger charge is -2.14. The van der Waals surface area contributed by atoms with E-state index in [1.54, 1.807) is 0 Å². The van der Waals surface area contributed by atoms with Crippen molar-refractivity contribution in [1.29, 1.82) is 5.26 Å². The molecular weight excluding hydrogens is 263 g/mol. The molecule has 0 atom stereocenters. The van der Waals surface area contributed by atoms with E-state index in [9.17, 15) is 14.5 Å². The lowest BCUT2D eigenvalue weighted by atomic mass is 9.89. The third-order valence-electron chi connectivity index (χ3n) is 2.88. The number of hydrogen-bond acceptors (Lipinski definition) is 4. The van der Waals surface area contributed by atoms with Gasteiger partial charge in [0.2, 0.25) is 0 Å². The van der Waals surface area contributed by atoms with Crippen LogP contribution in [0.15, 0.2) is 18.2 Å². The maximum Gasteiger partial charge on any atom is 0.272 e. The highest BCUT2D eigenvalue weighted by atomic mass is 19.1. The molecule has 0 spiro atoms. The molecule has 0 heterocycles. The minimum atomic E-state index is -0.739. The van der Waals surface area contributed by atoms with Crippen LogP contribution in [-0.2, 0) is 0 Å². The van der Waals surface area contributed by atoms with Gasteiger partial charge in [-0.3, -0.25) is 10.1 Å². The highest BCUT2D eigenvalue weighted by Crippen LogP contribution is 2.24. The van der Waals surface area contributed by atoms with E-state index in [1.807, 2.05) is 13.8 Å². The summed E-state index contributed by atoms with van der Waals surface area (Å²) in [5.41, 5.74) is -0.663. The van der Waals surface area contributed by atoms with Crippen molar-refractivity contribution < 1.29 is 14.1 Å². The molecule has 0 aliphatic rings. The van der Waals surface area contributed by atoms with E-state index in [1.165, 1.54) is 12.1 Å². The van der Waals surface area contributed by atoms with Crippen LogP contribution in [-0.4, -0.2) is 11.5 Å². The highest BCUT2D eigenvalue weighted by Gasteiger charge is 2.15. The number of nitrogens with zero attached hydrogens (tertiary/aromatic N) is 2. The number of non-ortho nitro benzene ring substituents is 1. The van der Waals surface area contributed by atoms with Gasteiger partial charge in [0.05, 0.1) is 29.1 Å². The molecule has 0 aliphatic heterocycles. The molecule has 5 nitrogen and oxygen atoms in total. The van der Waals surface area contributed by atoms with Crippen LogP contribution in [0.5, 0.6) is 5.75 Å². The summed E-state index contributed by atoms with van der Waals surface area (Å²) in [7, 11) is 0. The van der Waals surface area contributed by atoms with E-state index in [-0.39, 0.29) is 16.9 Å². The van der Waals surface area contributed by atoms with Gasteiger partial charge in [0.1, 0.15) is 0 Å². The van der Waals surface area contributed by atoms with Crippen LogP contribution in [0.25, 0.3) is 0 Å². The fourth-order valence-corrected chi connectivity index (χ4v) is 1.63. The molecule has 0 saturated carbocycles. The topological polar surface area (TPSA) is 76.2 Å². The zero-order valence-electron chi connectivity index (χ0n) is 11.6. The zero-order valence-corrected chi connectivity index (χ0v) is 11.6. The summed E-state index contributed by atoms with van der Waals surface area (Å²) in [6, 6.07) is 5.51. The third-order valence-corrected chi connectivity index (χ3v) is 2.88. The molecule has 0 saturated heterocycles. The molecule has 1 aromatic rings. The van der Waals surface area contributed by atoms with Gasteiger partial charge in [0, 0.05) is 6.07 Å². The molecule has 0 N–H and O–H groups in total. The lowest BCUT2D eigenvalue weighted by Crippen LogP contribution is -2.08. The second kappa shape index (κ2) is 6.85. The molecule has 0 aromatic heterocycles. The fourth-order valence-electron chi connectivity index (χ4n) is 1.63. The molecule has 1 rings (SSSR count). The maximum atomic E-state index is 13.5. The highest BCUT2D eigenvalue weighted by molar-refractivity contribution is 5.37. The number of benzene rings is 1. The molecule has 0 fully saturated rings. The van der Waals surface area contributed by atoms with Crippen LogP contribution >= 0.6 is 0 Å². The van der Waals surface area contributed by atoms with Gasteiger partial charge in [-0.05, 0) is 39.2 Å². The standard InChI is InChI=1S/C14H17FN2O3/c1-14(2,10-16)7-3-4-8-20-13-6-5-11(17(18)19)9-12(13)15/h5-6,9H,3-4,7-8H2,1-2H3. The predicted octanol–water partition coefficient (Wildman–Crippen LogP) is 3.83. The van der Waals surface area contributed by atoms with Crippen LogP contribution in [0.1, 0.15) is 33.1 Å². The van der Waals surface area contributed by atoms with Crippen molar-refractivity contribution in [3.63, 3.8) is 0 Å². The molecule has 0 aliphatic carbocycles. The van der Waals surface area contributed by atoms with Gasteiger partial charge in [0.25, 0.3) is 5.69 Å². The second-order valence-corrected chi connectivity index (χ2v) is 5.17. The minimum absolute atomic E-state index is 0.00939. The number of rotatable bonds is 7. The van der Waals surface area contributed by atoms with Crippen molar-refractivity contribution in [2.24, 2.45) is 5.41 Å². The van der Waals surface area contributed by atoms with Crippen LogP contribution < -0.4 is 4.74 Å². The average molecular weight is 280 g/mol. The summed E-state index contributed by atoms with van der Waals surface area (Å²) in [5, 5.41) is 19.3. The first-order valence-electron chi connectivity index (χ1n) is 6.34. The lowest BCUT2D eigenvalue weighted by molar-refractivity contribution is -0.385. The van der Waals surface area contributed by atoms with Crippen LogP contribution in [0.3, 0.4) is 0 Å². The van der Waals surface area contributed by atoms with Crippen molar-refractivity contribution >= 4 is 5.69 Å². The van der Waals surface area contributed by atoms with Crippen LogP contribution in [0, 0.1) is 32.7 Å². The summed E-state index contributed by atoms with van der Waals surface area (Å²) in [5.74, 6) is -0.730. The van der Waals surface area contributed by atoms with Gasteiger partial charge in [-0.25, -0.2) is 4.39 Å². The summed E-state index contributed by atoms with van der Waals surface area (Å²) >= 11 is 0. The van der Waals surface area contributed by atoms with E-state index in [4.69, 9.17) is 10.00 Å². The van der Waals surface area contributed by atoms with E-state index >= 15 is 0 Å². The zero-order chi connectivity index (χ0) is 15.2. The first kappa shape index (κ1) is 15.9. The Bertz CT molecular complexity index is 524. The van der Waals surface area contributed by atoms with Gasteiger partial charge in [-0.1, -0.05) is 0 Å². The summed E-state index contributed by atoms with van der Waals surface area (Å²) in [6.07, 6.45) is 2.24. The molecule has 1 aromatic carbocycles. The number of unbranched alkanes of at least 4 members (excludes halogenated alkanes) is 1. The largest absolute Gasteiger partial charge is 0.491 e. The average Bonchev–Trinajstić information content (AvgIpc) is 2.39. The minimum Gasteiger partial charge on any atom is -0.491 e. The molecule has 0 bridgehead atoms. The fraction of sp³-hybridized carbons (Fsp3) is 0.500. The quantitative estimate of drug-likeness (QED) is 0.432. The Morgan fingerprint density at radius 3 is 2.70 bits per heavy atom. The summed E-state index contributed by atoms with van der Waals surface area (Å²) in [4.78, 5) is 9.80. The first-order valence-corrected chi connectivity index (χ1v) is 6.34. The monoisotopic (exact) mass is 280 g/mol. The van der Waals surface area contributed by atoms with Crippen molar-refractivity contribution in [2.45, 2.75) is 33.1 Å². The normalized spacial score (nSPS) is 10.9. The Kier molecular flexibility index (Phi) is 5.44. The first-order chi connectivity index (χ1) is 9.35. The molecule has 0 amide bonds. The van der Waals surface area contributed by atoms with E-state index in [2.05, 4.69) is 6.07 Å². The number of nitro groups is 1. The smallest absolute Gasteiger partial charge is 0.272 e. The SMILES string of the molecule is CC(C)(C#N)CCCCOc1ccc([N+](=O)[O-])cc1F. The molecule has 20 heavy (non-hydrogen) atoms. The van der Waals surface area contributed by atoms with Crippen LogP contribution in [0.2, 0.25) is 0 Å². The predicted molar refractivity (Wildman–Crippen MR) is 71.8 cm³/mol. The van der Waals surface area contributed by atoms with Gasteiger partial charge in [-0.15, -0.1) is 0 Å². The van der Waals surface area contributed by atoms with Gasteiger partial charge in [-0.2, -0.15) is 5.26 Å². The van der Waals surface area contributed by atoms with E-state index < -0.39 is 10.7 Å². The Balaban J connectivity index is 2.40. The number of nitriles is 1. The van der Waals surface area contributed by atoms with Gasteiger partial charge in [0.15, 0.2) is 11.6 Å². The van der Waals surface area contributed by atoms with Gasteiger partial charge < -0.3 is 4.74 Å². The molecule has 6 heteroatoms. The van der Waals surface area contributed by atoms with Crippen molar-refractivity contribution in [1.82, 2.24) is 0 Å². The molecule has 0 unspecified atom stereocenters.